The Morgan fingerprint density at radius 1 is 1.25 bits per heavy atom. The number of thiocarbonyl (C=S) groups is 1. The number of rotatable bonds is 11. The number of aliphatic carboxylic acids is 1. The summed E-state index contributed by atoms with van der Waals surface area (Å²) < 4.78 is 26.2. The highest BCUT2D eigenvalue weighted by molar-refractivity contribution is 7.80. The summed E-state index contributed by atoms with van der Waals surface area (Å²) in [7, 11) is 0. The summed E-state index contributed by atoms with van der Waals surface area (Å²) in [4.78, 5) is 13.6. The Hall–Kier alpha value is -1.86. The van der Waals surface area contributed by atoms with Gasteiger partial charge in [-0.05, 0) is 37.0 Å². The van der Waals surface area contributed by atoms with E-state index in [0.717, 1.165) is 55.8 Å². The second-order valence-corrected chi connectivity index (χ2v) is 7.63. The van der Waals surface area contributed by atoms with Gasteiger partial charge in [-0.3, -0.25) is 4.79 Å². The van der Waals surface area contributed by atoms with Crippen LogP contribution in [0, 0.1) is 11.6 Å². The monoisotopic (exact) mass is 411 g/mol. The van der Waals surface area contributed by atoms with Gasteiger partial charge in [-0.25, -0.2) is 8.78 Å². The molecule has 2 atom stereocenters. The van der Waals surface area contributed by atoms with Crippen molar-refractivity contribution < 1.29 is 23.8 Å². The highest BCUT2D eigenvalue weighted by atomic mass is 32.1. The number of likely N-dealkylation sites (tertiary alicyclic amines) is 1. The zero-order valence-corrected chi connectivity index (χ0v) is 16.6. The molecule has 0 aromatic heterocycles. The van der Waals surface area contributed by atoms with Crippen molar-refractivity contribution in [3.8, 4) is 0 Å². The van der Waals surface area contributed by atoms with Crippen molar-refractivity contribution in [3.63, 3.8) is 0 Å². The zero-order valence-electron chi connectivity index (χ0n) is 15.8. The van der Waals surface area contributed by atoms with E-state index in [1.165, 1.54) is 6.07 Å². The number of carboxylic acid groups (broad SMARTS) is 1. The molecule has 0 amide bonds. The fraction of sp³-hybridized carbons (Fsp3) is 0.524. The van der Waals surface area contributed by atoms with Gasteiger partial charge in [-0.2, -0.15) is 0 Å². The van der Waals surface area contributed by atoms with Crippen LogP contribution in [-0.4, -0.2) is 44.8 Å². The normalized spacial score (nSPS) is 18.2. The Bertz CT molecular complexity index is 711. The Morgan fingerprint density at radius 3 is 2.71 bits per heavy atom. The van der Waals surface area contributed by atoms with Crippen molar-refractivity contribution in [1.29, 1.82) is 0 Å². The Kier molecular flexibility index (Phi) is 8.99. The molecule has 2 rings (SSSR count). The average molecular weight is 412 g/mol. The summed E-state index contributed by atoms with van der Waals surface area (Å²) >= 11 is 5.44. The molecule has 1 heterocycles. The first kappa shape index (κ1) is 22.4. The van der Waals surface area contributed by atoms with E-state index in [2.05, 4.69) is 4.90 Å². The van der Waals surface area contributed by atoms with E-state index in [0.29, 0.717) is 12.0 Å². The number of nitrogens with zero attached hydrogens (tertiary/aromatic N) is 1. The molecular formula is C21H27F2NO3S. The first-order valence-electron chi connectivity index (χ1n) is 9.68. The molecule has 1 aliphatic rings. The molecule has 0 bridgehead atoms. The maximum atomic E-state index is 13.3. The SMILES string of the molecule is O=C(O)CCCCCCN1C(=S)CCC1C=CC(O)Cc1ccc(F)c(F)c1. The zero-order chi connectivity index (χ0) is 20.5. The van der Waals surface area contributed by atoms with Gasteiger partial charge in [-0.15, -0.1) is 0 Å². The third-order valence-electron chi connectivity index (χ3n) is 4.90. The van der Waals surface area contributed by atoms with Crippen LogP contribution in [-0.2, 0) is 11.2 Å². The predicted molar refractivity (Wildman–Crippen MR) is 108 cm³/mol. The minimum Gasteiger partial charge on any atom is -0.481 e. The number of carbonyl (C=O) groups is 1. The summed E-state index contributed by atoms with van der Waals surface area (Å²) in [5, 5.41) is 18.8. The fourth-order valence-corrected chi connectivity index (χ4v) is 3.74. The van der Waals surface area contributed by atoms with Crippen LogP contribution < -0.4 is 0 Å². The molecule has 1 aromatic carbocycles. The van der Waals surface area contributed by atoms with Crippen LogP contribution >= 0.6 is 12.2 Å². The average Bonchev–Trinajstić information content (AvgIpc) is 2.99. The van der Waals surface area contributed by atoms with Crippen LogP contribution in [0.25, 0.3) is 0 Å². The molecule has 28 heavy (non-hydrogen) atoms. The van der Waals surface area contributed by atoms with E-state index in [4.69, 9.17) is 17.3 Å². The number of aliphatic hydroxyl groups is 1. The number of halogens is 2. The van der Waals surface area contributed by atoms with E-state index in [1.807, 2.05) is 6.08 Å². The lowest BCUT2D eigenvalue weighted by molar-refractivity contribution is -0.137. The second kappa shape index (κ2) is 11.2. The third kappa shape index (κ3) is 7.28. The van der Waals surface area contributed by atoms with E-state index in [9.17, 15) is 18.7 Å². The van der Waals surface area contributed by atoms with Crippen LogP contribution in [0.4, 0.5) is 8.78 Å². The molecule has 7 heteroatoms. The highest BCUT2D eigenvalue weighted by Crippen LogP contribution is 2.22. The van der Waals surface area contributed by atoms with Crippen molar-refractivity contribution in [2.75, 3.05) is 6.54 Å². The Morgan fingerprint density at radius 2 is 2.00 bits per heavy atom. The van der Waals surface area contributed by atoms with Gasteiger partial charge >= 0.3 is 5.97 Å². The molecule has 2 unspecified atom stereocenters. The largest absolute Gasteiger partial charge is 0.481 e. The van der Waals surface area contributed by atoms with Crippen LogP contribution in [0.1, 0.15) is 50.5 Å². The molecule has 1 aromatic rings. The number of carboxylic acids is 1. The van der Waals surface area contributed by atoms with Gasteiger partial charge in [0, 0.05) is 31.8 Å². The van der Waals surface area contributed by atoms with Crippen LogP contribution in [0.15, 0.2) is 30.4 Å². The highest BCUT2D eigenvalue weighted by Gasteiger charge is 2.25. The topological polar surface area (TPSA) is 60.8 Å². The van der Waals surface area contributed by atoms with Gasteiger partial charge in [0.15, 0.2) is 11.6 Å². The molecular weight excluding hydrogens is 384 g/mol. The molecule has 0 spiro atoms. The van der Waals surface area contributed by atoms with Crippen molar-refractivity contribution in [3.05, 3.63) is 47.5 Å². The number of hydrogen-bond donors (Lipinski definition) is 2. The summed E-state index contributed by atoms with van der Waals surface area (Å²) in [6.07, 6.45) is 8.50. The van der Waals surface area contributed by atoms with Crippen molar-refractivity contribution in [2.24, 2.45) is 0 Å². The van der Waals surface area contributed by atoms with Gasteiger partial charge in [0.2, 0.25) is 0 Å². The van der Waals surface area contributed by atoms with E-state index >= 15 is 0 Å². The number of benzene rings is 1. The summed E-state index contributed by atoms with van der Waals surface area (Å²) in [6, 6.07) is 3.77. The lowest BCUT2D eigenvalue weighted by Crippen LogP contribution is -2.32. The molecule has 0 saturated carbocycles. The Labute approximate surface area is 169 Å². The first-order valence-corrected chi connectivity index (χ1v) is 10.1. The number of unbranched alkanes of at least 4 members (excludes halogenated alkanes) is 3. The summed E-state index contributed by atoms with van der Waals surface area (Å²) in [6.45, 7) is 0.820. The van der Waals surface area contributed by atoms with Gasteiger partial charge < -0.3 is 15.1 Å². The molecule has 2 N–H and O–H groups in total. The predicted octanol–water partition coefficient (Wildman–Crippen LogP) is 4.25. The van der Waals surface area contributed by atoms with Crippen molar-refractivity contribution in [1.82, 2.24) is 4.90 Å². The quantitative estimate of drug-likeness (QED) is 0.324. The van der Waals surface area contributed by atoms with Gasteiger partial charge in [0.1, 0.15) is 0 Å². The van der Waals surface area contributed by atoms with Crippen LogP contribution in [0.2, 0.25) is 0 Å². The number of aliphatic hydroxyl groups excluding tert-OH is 1. The molecule has 4 nitrogen and oxygen atoms in total. The maximum absolute atomic E-state index is 13.3. The van der Waals surface area contributed by atoms with E-state index < -0.39 is 23.7 Å². The second-order valence-electron chi connectivity index (χ2n) is 7.16. The molecule has 0 radical (unpaired) electrons. The lowest BCUT2D eigenvalue weighted by Gasteiger charge is -2.24. The Balaban J connectivity index is 1.79. The van der Waals surface area contributed by atoms with Gasteiger partial charge in [-0.1, -0.05) is 43.3 Å². The smallest absolute Gasteiger partial charge is 0.303 e. The standard InChI is InChI=1S/C21H27F2NO3S/c22-18-10-6-15(14-19(18)23)13-17(25)9-7-16-8-11-20(28)24(16)12-4-2-1-3-5-21(26)27/h6-7,9-10,14,16-17,25H,1-5,8,11-13H2,(H,26,27). The molecule has 0 aliphatic carbocycles. The van der Waals surface area contributed by atoms with Gasteiger partial charge in [0.05, 0.1) is 11.1 Å². The molecule has 154 valence electrons. The molecule has 1 saturated heterocycles. The maximum Gasteiger partial charge on any atom is 0.303 e. The van der Waals surface area contributed by atoms with Crippen LogP contribution in [0.3, 0.4) is 0 Å². The molecule has 1 fully saturated rings. The fourth-order valence-electron chi connectivity index (χ4n) is 3.39. The third-order valence-corrected chi connectivity index (χ3v) is 5.34. The first-order chi connectivity index (χ1) is 13.4. The minimum absolute atomic E-state index is 0.131. The van der Waals surface area contributed by atoms with Gasteiger partial charge in [0.25, 0.3) is 0 Å². The summed E-state index contributed by atoms with van der Waals surface area (Å²) in [5.41, 5.74) is 0.538. The summed E-state index contributed by atoms with van der Waals surface area (Å²) in [5.74, 6) is -2.57. The van der Waals surface area contributed by atoms with Crippen LogP contribution in [0.5, 0.6) is 0 Å². The van der Waals surface area contributed by atoms with Crippen molar-refractivity contribution in [2.45, 2.75) is 63.5 Å². The number of hydrogen-bond acceptors (Lipinski definition) is 3. The van der Waals surface area contributed by atoms with Crippen molar-refractivity contribution >= 4 is 23.2 Å². The van der Waals surface area contributed by atoms with E-state index in [-0.39, 0.29) is 18.9 Å². The van der Waals surface area contributed by atoms with E-state index in [1.54, 1.807) is 6.08 Å². The molecule has 1 aliphatic heterocycles. The lowest BCUT2D eigenvalue weighted by atomic mass is 10.1. The minimum atomic E-state index is -0.913.